The average Bonchev–Trinajstić information content (AvgIpc) is 3.31. The monoisotopic (exact) mass is 470 g/mol. The Morgan fingerprint density at radius 1 is 0.971 bits per heavy atom. The summed E-state index contributed by atoms with van der Waals surface area (Å²) in [5.41, 5.74) is 4.04. The van der Waals surface area contributed by atoms with Gasteiger partial charge in [-0.3, -0.25) is 14.9 Å². The molecule has 1 heterocycles. The zero-order chi connectivity index (χ0) is 24.5. The summed E-state index contributed by atoms with van der Waals surface area (Å²) in [6, 6.07) is 25.7. The second kappa shape index (κ2) is 11.7. The third-order valence-electron chi connectivity index (χ3n) is 5.41. The maximum atomic E-state index is 12.7. The molecule has 1 amide bonds. The zero-order valence-electron chi connectivity index (χ0n) is 19.2. The number of rotatable bonds is 11. The van der Waals surface area contributed by atoms with Crippen LogP contribution in [0.15, 0.2) is 91.1 Å². The van der Waals surface area contributed by atoms with Crippen LogP contribution in [-0.4, -0.2) is 33.8 Å². The molecule has 0 aliphatic carbocycles. The number of aromatic nitrogens is 2. The first-order valence-corrected chi connectivity index (χ1v) is 11.4. The number of nitrogens with one attached hydrogen (secondary N) is 1. The van der Waals surface area contributed by atoms with Crippen molar-refractivity contribution in [2.75, 3.05) is 13.2 Å². The van der Waals surface area contributed by atoms with Crippen molar-refractivity contribution in [1.82, 2.24) is 15.1 Å². The molecule has 0 bridgehead atoms. The van der Waals surface area contributed by atoms with Crippen molar-refractivity contribution >= 4 is 11.6 Å². The SMILES string of the molecule is O=C(Cc1cn(-c2ccccc2)nc1-c1ccc([N+](=O)[O-])cc1)NCCCOCc1ccccc1. The quantitative estimate of drug-likeness (QED) is 0.194. The van der Waals surface area contributed by atoms with Crippen molar-refractivity contribution in [2.45, 2.75) is 19.4 Å². The summed E-state index contributed by atoms with van der Waals surface area (Å²) in [6.07, 6.45) is 2.68. The van der Waals surface area contributed by atoms with Crippen molar-refractivity contribution in [2.24, 2.45) is 0 Å². The lowest BCUT2D eigenvalue weighted by molar-refractivity contribution is -0.384. The molecule has 0 radical (unpaired) electrons. The van der Waals surface area contributed by atoms with E-state index in [2.05, 4.69) is 10.4 Å². The van der Waals surface area contributed by atoms with Crippen molar-refractivity contribution < 1.29 is 14.5 Å². The highest BCUT2D eigenvalue weighted by Crippen LogP contribution is 2.26. The van der Waals surface area contributed by atoms with Crippen LogP contribution in [0, 0.1) is 10.1 Å². The Morgan fingerprint density at radius 3 is 2.34 bits per heavy atom. The molecule has 4 rings (SSSR count). The minimum absolute atomic E-state index is 0.00465. The summed E-state index contributed by atoms with van der Waals surface area (Å²) in [4.78, 5) is 23.2. The van der Waals surface area contributed by atoms with E-state index in [1.165, 1.54) is 12.1 Å². The van der Waals surface area contributed by atoms with Gasteiger partial charge in [0.25, 0.3) is 5.69 Å². The number of para-hydroxylation sites is 1. The van der Waals surface area contributed by atoms with Gasteiger partial charge < -0.3 is 10.1 Å². The second-order valence-corrected chi connectivity index (χ2v) is 8.01. The van der Waals surface area contributed by atoms with Crippen LogP contribution in [-0.2, 0) is 22.6 Å². The number of carbonyl (C=O) groups is 1. The van der Waals surface area contributed by atoms with E-state index in [4.69, 9.17) is 4.74 Å². The number of amides is 1. The molecule has 35 heavy (non-hydrogen) atoms. The molecule has 0 spiro atoms. The van der Waals surface area contributed by atoms with Crippen LogP contribution in [0.3, 0.4) is 0 Å². The number of ether oxygens (including phenoxy) is 1. The Balaban J connectivity index is 1.38. The van der Waals surface area contributed by atoms with E-state index >= 15 is 0 Å². The van der Waals surface area contributed by atoms with Crippen LogP contribution >= 0.6 is 0 Å². The Bertz CT molecular complexity index is 1260. The Morgan fingerprint density at radius 2 is 1.66 bits per heavy atom. The number of nitro groups is 1. The van der Waals surface area contributed by atoms with Gasteiger partial charge in [0.1, 0.15) is 0 Å². The highest BCUT2D eigenvalue weighted by molar-refractivity contribution is 5.81. The zero-order valence-corrected chi connectivity index (χ0v) is 19.2. The normalized spacial score (nSPS) is 10.7. The predicted molar refractivity (Wildman–Crippen MR) is 133 cm³/mol. The van der Waals surface area contributed by atoms with Gasteiger partial charge in [-0.25, -0.2) is 4.68 Å². The van der Waals surface area contributed by atoms with Gasteiger partial charge in [-0.1, -0.05) is 48.5 Å². The average molecular weight is 471 g/mol. The predicted octanol–water partition coefficient (Wildman–Crippen LogP) is 4.71. The van der Waals surface area contributed by atoms with Crippen LogP contribution in [0.5, 0.6) is 0 Å². The Hall–Kier alpha value is -4.30. The molecule has 0 saturated heterocycles. The molecule has 0 saturated carbocycles. The topological polar surface area (TPSA) is 99.3 Å². The molecule has 178 valence electrons. The maximum absolute atomic E-state index is 12.7. The summed E-state index contributed by atoms with van der Waals surface area (Å²) in [6.45, 7) is 1.61. The van der Waals surface area contributed by atoms with Crippen molar-refractivity contribution in [3.8, 4) is 16.9 Å². The smallest absolute Gasteiger partial charge is 0.269 e. The van der Waals surface area contributed by atoms with Gasteiger partial charge in [0.05, 0.1) is 29.3 Å². The molecule has 0 aliphatic rings. The number of nitrogens with zero attached hydrogens (tertiary/aromatic N) is 3. The van der Waals surface area contributed by atoms with Gasteiger partial charge in [0, 0.05) is 42.6 Å². The van der Waals surface area contributed by atoms with E-state index in [0.29, 0.717) is 37.4 Å². The van der Waals surface area contributed by atoms with Crippen molar-refractivity contribution in [3.05, 3.63) is 112 Å². The van der Waals surface area contributed by atoms with E-state index in [1.54, 1.807) is 16.8 Å². The molecule has 0 aliphatic heterocycles. The molecule has 8 heteroatoms. The van der Waals surface area contributed by atoms with E-state index < -0.39 is 4.92 Å². The fourth-order valence-corrected chi connectivity index (χ4v) is 3.64. The van der Waals surface area contributed by atoms with Crippen LogP contribution in [0.2, 0.25) is 0 Å². The van der Waals surface area contributed by atoms with E-state index in [9.17, 15) is 14.9 Å². The van der Waals surface area contributed by atoms with Crippen LogP contribution in [0.25, 0.3) is 16.9 Å². The summed E-state index contributed by atoms with van der Waals surface area (Å²) in [5, 5.41) is 18.6. The van der Waals surface area contributed by atoms with Crippen LogP contribution in [0.1, 0.15) is 17.5 Å². The first-order valence-electron chi connectivity index (χ1n) is 11.4. The van der Waals surface area contributed by atoms with Gasteiger partial charge in [0.2, 0.25) is 5.91 Å². The number of non-ortho nitro benzene ring substituents is 1. The number of carbonyl (C=O) groups excluding carboxylic acids is 1. The minimum Gasteiger partial charge on any atom is -0.377 e. The lowest BCUT2D eigenvalue weighted by Crippen LogP contribution is -2.26. The summed E-state index contributed by atoms with van der Waals surface area (Å²) < 4.78 is 7.38. The van der Waals surface area contributed by atoms with E-state index in [1.807, 2.05) is 66.9 Å². The van der Waals surface area contributed by atoms with Crippen molar-refractivity contribution in [3.63, 3.8) is 0 Å². The Kier molecular flexibility index (Phi) is 7.98. The van der Waals surface area contributed by atoms with E-state index in [0.717, 1.165) is 16.8 Å². The number of hydrogen-bond acceptors (Lipinski definition) is 5. The van der Waals surface area contributed by atoms with Gasteiger partial charge in [-0.2, -0.15) is 5.10 Å². The van der Waals surface area contributed by atoms with Gasteiger partial charge in [0.15, 0.2) is 0 Å². The summed E-state index contributed by atoms with van der Waals surface area (Å²) in [7, 11) is 0. The molecule has 1 aromatic heterocycles. The molecule has 0 unspecified atom stereocenters. The molecular formula is C27H26N4O4. The molecule has 4 aromatic rings. The number of hydrogen-bond donors (Lipinski definition) is 1. The second-order valence-electron chi connectivity index (χ2n) is 8.01. The largest absolute Gasteiger partial charge is 0.377 e. The third-order valence-corrected chi connectivity index (χ3v) is 5.41. The Labute approximate surface area is 203 Å². The first kappa shape index (κ1) is 23.8. The molecule has 0 atom stereocenters. The van der Waals surface area contributed by atoms with Crippen LogP contribution < -0.4 is 5.32 Å². The van der Waals surface area contributed by atoms with Gasteiger partial charge in [-0.15, -0.1) is 0 Å². The number of benzene rings is 3. The maximum Gasteiger partial charge on any atom is 0.269 e. The first-order chi connectivity index (χ1) is 17.1. The summed E-state index contributed by atoms with van der Waals surface area (Å²) in [5.74, 6) is -0.121. The highest BCUT2D eigenvalue weighted by atomic mass is 16.6. The van der Waals surface area contributed by atoms with Gasteiger partial charge >= 0.3 is 0 Å². The van der Waals surface area contributed by atoms with Gasteiger partial charge in [-0.05, 0) is 36.2 Å². The third kappa shape index (κ3) is 6.61. The molecule has 1 N–H and O–H groups in total. The summed E-state index contributed by atoms with van der Waals surface area (Å²) >= 11 is 0. The lowest BCUT2D eigenvalue weighted by atomic mass is 10.1. The molecule has 3 aromatic carbocycles. The lowest BCUT2D eigenvalue weighted by Gasteiger charge is -2.07. The highest BCUT2D eigenvalue weighted by Gasteiger charge is 2.16. The minimum atomic E-state index is -0.440. The van der Waals surface area contributed by atoms with Crippen molar-refractivity contribution in [1.29, 1.82) is 0 Å². The number of nitro benzene ring substituents is 1. The van der Waals surface area contributed by atoms with Crippen LogP contribution in [0.4, 0.5) is 5.69 Å². The standard InChI is InChI=1S/C27H26N4O4/c32-26(28-16-7-17-35-20-21-8-3-1-4-9-21)18-23-19-30(24-10-5-2-6-11-24)29-27(23)22-12-14-25(15-13-22)31(33)34/h1-6,8-15,19H,7,16-18,20H2,(H,28,32). The molecule has 8 nitrogen and oxygen atoms in total. The van der Waals surface area contributed by atoms with E-state index in [-0.39, 0.29) is 18.0 Å². The molecule has 0 fully saturated rings. The molecular weight excluding hydrogens is 444 g/mol. The fraction of sp³-hybridized carbons (Fsp3) is 0.185. The fourth-order valence-electron chi connectivity index (χ4n) is 3.64.